The van der Waals surface area contributed by atoms with E-state index >= 15 is 0 Å². The minimum atomic E-state index is -0.581. The molecule has 2 fully saturated rings. The van der Waals surface area contributed by atoms with Gasteiger partial charge in [-0.3, -0.25) is 4.79 Å². The Bertz CT molecular complexity index is 300. The molecule has 2 aliphatic rings. The van der Waals surface area contributed by atoms with Gasteiger partial charge in [0.15, 0.2) is 0 Å². The Kier molecular flexibility index (Phi) is 4.31. The first-order valence-electron chi connectivity index (χ1n) is 7.36. The second-order valence-corrected chi connectivity index (χ2v) is 6.59. The Labute approximate surface area is 110 Å². The lowest BCUT2D eigenvalue weighted by atomic mass is 9.71. The Balaban J connectivity index is 1.80. The van der Waals surface area contributed by atoms with E-state index < -0.39 is 11.4 Å². The molecule has 0 spiro atoms. The van der Waals surface area contributed by atoms with Crippen molar-refractivity contribution in [1.82, 2.24) is 0 Å². The first-order chi connectivity index (χ1) is 8.54. The fraction of sp³-hybridized carbons (Fsp3) is 0.933. The van der Waals surface area contributed by atoms with Crippen molar-refractivity contribution in [2.24, 2.45) is 23.2 Å². The Morgan fingerprint density at radius 1 is 1.39 bits per heavy atom. The van der Waals surface area contributed by atoms with Crippen molar-refractivity contribution in [3.05, 3.63) is 0 Å². The predicted octanol–water partition coefficient (Wildman–Crippen LogP) is 3.33. The number of carboxylic acid groups (broad SMARTS) is 1. The molecule has 2 bridgehead atoms. The number of hydrogen-bond donors (Lipinski definition) is 1. The third kappa shape index (κ3) is 2.71. The molecule has 1 N–H and O–H groups in total. The van der Waals surface area contributed by atoms with Crippen molar-refractivity contribution < 1.29 is 14.6 Å². The summed E-state index contributed by atoms with van der Waals surface area (Å²) in [7, 11) is 0. The molecule has 3 nitrogen and oxygen atoms in total. The van der Waals surface area contributed by atoms with Gasteiger partial charge in [-0.2, -0.15) is 0 Å². The molecule has 0 aromatic carbocycles. The molecule has 2 rings (SSSR count). The standard InChI is InChI=1S/C15H26O3/c1-11(2)5-7-18-8-6-15(14(16)17)10-12-3-4-13(15)9-12/h11-13H,3-10H2,1-2H3,(H,16,17). The fourth-order valence-electron chi connectivity index (χ4n) is 3.79. The van der Waals surface area contributed by atoms with Crippen LogP contribution in [-0.2, 0) is 9.53 Å². The minimum Gasteiger partial charge on any atom is -0.481 e. The average molecular weight is 254 g/mol. The first kappa shape index (κ1) is 13.9. The number of carbonyl (C=O) groups is 1. The number of rotatable bonds is 7. The van der Waals surface area contributed by atoms with E-state index in [0.29, 0.717) is 30.8 Å². The zero-order valence-electron chi connectivity index (χ0n) is 11.7. The second-order valence-electron chi connectivity index (χ2n) is 6.59. The normalized spacial score (nSPS) is 34.4. The molecule has 0 aromatic heterocycles. The summed E-state index contributed by atoms with van der Waals surface area (Å²) in [6.45, 7) is 5.74. The Morgan fingerprint density at radius 2 is 2.17 bits per heavy atom. The van der Waals surface area contributed by atoms with Crippen LogP contribution < -0.4 is 0 Å². The van der Waals surface area contributed by atoms with Crippen molar-refractivity contribution >= 4 is 5.97 Å². The topological polar surface area (TPSA) is 46.5 Å². The van der Waals surface area contributed by atoms with Gasteiger partial charge in [0.25, 0.3) is 0 Å². The van der Waals surface area contributed by atoms with E-state index in [1.165, 1.54) is 6.42 Å². The van der Waals surface area contributed by atoms with Crippen molar-refractivity contribution in [2.75, 3.05) is 13.2 Å². The summed E-state index contributed by atoms with van der Waals surface area (Å²) >= 11 is 0. The van der Waals surface area contributed by atoms with Crippen molar-refractivity contribution in [3.8, 4) is 0 Å². The van der Waals surface area contributed by atoms with E-state index in [4.69, 9.17) is 4.74 Å². The van der Waals surface area contributed by atoms with Crippen molar-refractivity contribution in [1.29, 1.82) is 0 Å². The highest BCUT2D eigenvalue weighted by Gasteiger charge is 2.55. The van der Waals surface area contributed by atoms with Crippen LogP contribution in [0.5, 0.6) is 0 Å². The van der Waals surface area contributed by atoms with Crippen molar-refractivity contribution in [2.45, 2.75) is 52.4 Å². The first-order valence-corrected chi connectivity index (χ1v) is 7.36. The van der Waals surface area contributed by atoms with E-state index in [0.717, 1.165) is 32.3 Å². The zero-order valence-corrected chi connectivity index (χ0v) is 11.7. The molecule has 3 unspecified atom stereocenters. The van der Waals surface area contributed by atoms with Gasteiger partial charge in [-0.25, -0.2) is 0 Å². The molecule has 18 heavy (non-hydrogen) atoms. The fourth-order valence-corrected chi connectivity index (χ4v) is 3.79. The average Bonchev–Trinajstić information content (AvgIpc) is 2.88. The van der Waals surface area contributed by atoms with E-state index in [1.54, 1.807) is 0 Å². The molecule has 0 amide bonds. The van der Waals surface area contributed by atoms with Gasteiger partial charge in [-0.05, 0) is 49.9 Å². The molecule has 0 heterocycles. The molecule has 2 aliphatic carbocycles. The third-order valence-corrected chi connectivity index (χ3v) is 4.93. The lowest BCUT2D eigenvalue weighted by Crippen LogP contribution is -2.37. The zero-order chi connectivity index (χ0) is 13.2. The maximum atomic E-state index is 11.6. The highest BCUT2D eigenvalue weighted by molar-refractivity contribution is 5.75. The molecule has 104 valence electrons. The van der Waals surface area contributed by atoms with E-state index in [9.17, 15) is 9.90 Å². The molecule has 0 saturated heterocycles. The van der Waals surface area contributed by atoms with Crippen LogP contribution in [-0.4, -0.2) is 24.3 Å². The lowest BCUT2D eigenvalue weighted by molar-refractivity contribution is -0.154. The van der Waals surface area contributed by atoms with E-state index in [-0.39, 0.29) is 0 Å². The van der Waals surface area contributed by atoms with Crippen LogP contribution in [0.15, 0.2) is 0 Å². The number of hydrogen-bond acceptors (Lipinski definition) is 2. The van der Waals surface area contributed by atoms with Gasteiger partial charge in [0, 0.05) is 13.2 Å². The number of carboxylic acids is 1. The molecule has 0 radical (unpaired) electrons. The van der Waals surface area contributed by atoms with E-state index in [1.807, 2.05) is 0 Å². The van der Waals surface area contributed by atoms with Gasteiger partial charge in [0.05, 0.1) is 5.41 Å². The van der Waals surface area contributed by atoms with Crippen LogP contribution in [0.25, 0.3) is 0 Å². The highest BCUT2D eigenvalue weighted by Crippen LogP contribution is 2.57. The van der Waals surface area contributed by atoms with Gasteiger partial charge in [-0.15, -0.1) is 0 Å². The van der Waals surface area contributed by atoms with Crippen molar-refractivity contribution in [3.63, 3.8) is 0 Å². The summed E-state index contributed by atoms with van der Waals surface area (Å²) in [5.41, 5.74) is -0.458. The van der Waals surface area contributed by atoms with Gasteiger partial charge >= 0.3 is 5.97 Å². The van der Waals surface area contributed by atoms with Crippen LogP contribution in [0.3, 0.4) is 0 Å². The summed E-state index contributed by atoms with van der Waals surface area (Å²) in [6.07, 6.45) is 6.16. The predicted molar refractivity (Wildman–Crippen MR) is 70.4 cm³/mol. The van der Waals surface area contributed by atoms with Gasteiger partial charge in [0.2, 0.25) is 0 Å². The summed E-state index contributed by atoms with van der Waals surface area (Å²) in [4.78, 5) is 11.6. The molecule has 0 aliphatic heterocycles. The molecule has 3 atom stereocenters. The number of aliphatic carboxylic acids is 1. The van der Waals surface area contributed by atoms with Gasteiger partial charge in [0.1, 0.15) is 0 Å². The smallest absolute Gasteiger partial charge is 0.310 e. The van der Waals surface area contributed by atoms with Crippen LogP contribution in [0.2, 0.25) is 0 Å². The summed E-state index contributed by atoms with van der Waals surface area (Å²) in [5.74, 6) is 1.15. The van der Waals surface area contributed by atoms with Crippen LogP contribution >= 0.6 is 0 Å². The van der Waals surface area contributed by atoms with Crippen LogP contribution in [0.1, 0.15) is 52.4 Å². The summed E-state index contributed by atoms with van der Waals surface area (Å²) < 4.78 is 5.63. The maximum Gasteiger partial charge on any atom is 0.310 e. The minimum absolute atomic E-state index is 0.411. The summed E-state index contributed by atoms with van der Waals surface area (Å²) in [6, 6.07) is 0. The van der Waals surface area contributed by atoms with E-state index in [2.05, 4.69) is 13.8 Å². The maximum absolute atomic E-state index is 11.6. The monoisotopic (exact) mass is 254 g/mol. The van der Waals surface area contributed by atoms with Gasteiger partial charge < -0.3 is 9.84 Å². The molecular weight excluding hydrogens is 228 g/mol. The Morgan fingerprint density at radius 3 is 2.67 bits per heavy atom. The summed E-state index contributed by atoms with van der Waals surface area (Å²) in [5, 5.41) is 9.58. The SMILES string of the molecule is CC(C)CCOCCC1(C(=O)O)CC2CCC1C2. The second kappa shape index (κ2) is 5.60. The molecular formula is C15H26O3. The van der Waals surface area contributed by atoms with Gasteiger partial charge in [-0.1, -0.05) is 20.3 Å². The number of ether oxygens (including phenoxy) is 1. The third-order valence-electron chi connectivity index (χ3n) is 4.93. The quantitative estimate of drug-likeness (QED) is 0.709. The molecule has 2 saturated carbocycles. The number of fused-ring (bicyclic) bond motifs is 2. The highest BCUT2D eigenvalue weighted by atomic mass is 16.5. The molecule has 3 heteroatoms. The van der Waals surface area contributed by atoms with Crippen LogP contribution in [0, 0.1) is 23.2 Å². The Hall–Kier alpha value is -0.570. The van der Waals surface area contributed by atoms with Crippen LogP contribution in [0.4, 0.5) is 0 Å². The lowest BCUT2D eigenvalue weighted by Gasteiger charge is -2.33. The molecule has 0 aromatic rings. The largest absolute Gasteiger partial charge is 0.481 e.